The minimum atomic E-state index is -0.372. The first kappa shape index (κ1) is 12.1. The van der Waals surface area contributed by atoms with Gasteiger partial charge in [-0.3, -0.25) is 0 Å². The van der Waals surface area contributed by atoms with E-state index in [1.165, 1.54) is 0 Å². The fourth-order valence-electron chi connectivity index (χ4n) is 1.72. The van der Waals surface area contributed by atoms with Crippen LogP contribution in [0.5, 0.6) is 5.75 Å². The van der Waals surface area contributed by atoms with E-state index in [2.05, 4.69) is 6.58 Å². The molecule has 1 unspecified atom stereocenters. The average molecular weight is 234 g/mol. The first-order valence-electron chi connectivity index (χ1n) is 5.86. The molecule has 0 saturated carbocycles. The van der Waals surface area contributed by atoms with Crippen molar-refractivity contribution in [3.05, 3.63) is 36.4 Å². The Morgan fingerprint density at radius 1 is 1.29 bits per heavy atom. The summed E-state index contributed by atoms with van der Waals surface area (Å²) in [6, 6.07) is 7.83. The molecule has 3 nitrogen and oxygen atoms in total. The highest BCUT2D eigenvalue weighted by Crippen LogP contribution is 2.36. The topological polar surface area (TPSA) is 27.7 Å². The van der Waals surface area contributed by atoms with Crippen LogP contribution < -0.4 is 4.74 Å². The van der Waals surface area contributed by atoms with Crippen LogP contribution in [0.25, 0.3) is 5.57 Å². The van der Waals surface area contributed by atoms with E-state index in [1.807, 2.05) is 38.1 Å². The Hall–Kier alpha value is -1.32. The summed E-state index contributed by atoms with van der Waals surface area (Å²) in [7, 11) is 0. The highest BCUT2D eigenvalue weighted by molar-refractivity contribution is 5.74. The van der Waals surface area contributed by atoms with Crippen molar-refractivity contribution in [2.75, 3.05) is 13.2 Å². The van der Waals surface area contributed by atoms with E-state index >= 15 is 0 Å². The predicted molar refractivity (Wildman–Crippen MR) is 66.9 cm³/mol. The summed E-state index contributed by atoms with van der Waals surface area (Å²) in [4.78, 5) is 0. The van der Waals surface area contributed by atoms with Gasteiger partial charge >= 0.3 is 0 Å². The third-order valence-electron chi connectivity index (χ3n) is 2.56. The lowest BCUT2D eigenvalue weighted by molar-refractivity contribution is -0.0607. The van der Waals surface area contributed by atoms with Crippen LogP contribution in [-0.4, -0.2) is 25.6 Å². The smallest absolute Gasteiger partial charge is 0.226 e. The van der Waals surface area contributed by atoms with Gasteiger partial charge in [0.05, 0.1) is 19.3 Å². The quantitative estimate of drug-likeness (QED) is 0.733. The number of hydrogen-bond acceptors (Lipinski definition) is 3. The minimum absolute atomic E-state index is 0.225. The summed E-state index contributed by atoms with van der Waals surface area (Å²) in [5.41, 5.74) is 1.91. The van der Waals surface area contributed by atoms with Crippen LogP contribution in [-0.2, 0) is 9.47 Å². The fraction of sp³-hybridized carbons (Fsp3) is 0.429. The van der Waals surface area contributed by atoms with E-state index in [0.717, 1.165) is 16.9 Å². The molecule has 0 radical (unpaired) electrons. The van der Waals surface area contributed by atoms with E-state index in [9.17, 15) is 0 Å². The van der Waals surface area contributed by atoms with Crippen molar-refractivity contribution in [2.24, 2.45) is 0 Å². The van der Waals surface area contributed by atoms with Crippen LogP contribution in [0.3, 0.4) is 0 Å². The fourth-order valence-corrected chi connectivity index (χ4v) is 1.72. The third kappa shape index (κ3) is 2.87. The summed E-state index contributed by atoms with van der Waals surface area (Å²) in [5, 5.41) is 0. The van der Waals surface area contributed by atoms with Gasteiger partial charge in [0.15, 0.2) is 0 Å². The molecule has 1 aliphatic heterocycles. The standard InChI is InChI=1S/C14H18O3/c1-10(2)15-8-9-16-14-11(3)12-6-4-5-7-13(12)17-14/h4-7,10,14H,3,8-9H2,1-2H3. The van der Waals surface area contributed by atoms with Crippen molar-refractivity contribution in [2.45, 2.75) is 26.2 Å². The lowest BCUT2D eigenvalue weighted by Gasteiger charge is -2.14. The summed E-state index contributed by atoms with van der Waals surface area (Å²) in [5.74, 6) is 0.840. The molecule has 0 spiro atoms. The predicted octanol–water partition coefficient (Wildman–Crippen LogP) is 2.86. The lowest BCUT2D eigenvalue weighted by atomic mass is 10.1. The maximum absolute atomic E-state index is 5.65. The Balaban J connectivity index is 1.84. The van der Waals surface area contributed by atoms with Crippen LogP contribution in [0.4, 0.5) is 0 Å². The van der Waals surface area contributed by atoms with Crippen molar-refractivity contribution in [3.63, 3.8) is 0 Å². The Bertz CT molecular complexity index is 398. The molecule has 17 heavy (non-hydrogen) atoms. The molecule has 0 amide bonds. The van der Waals surface area contributed by atoms with Gasteiger partial charge in [-0.1, -0.05) is 24.8 Å². The number of hydrogen-bond donors (Lipinski definition) is 0. The normalized spacial score (nSPS) is 18.3. The maximum atomic E-state index is 5.65. The van der Waals surface area contributed by atoms with Crippen molar-refractivity contribution in [3.8, 4) is 5.75 Å². The van der Waals surface area contributed by atoms with Crippen LogP contribution in [0.15, 0.2) is 30.8 Å². The Morgan fingerprint density at radius 3 is 2.76 bits per heavy atom. The second-order valence-electron chi connectivity index (χ2n) is 4.26. The summed E-state index contributed by atoms with van der Waals surface area (Å²) in [6.07, 6.45) is -0.147. The van der Waals surface area contributed by atoms with Gasteiger partial charge in [-0.15, -0.1) is 0 Å². The van der Waals surface area contributed by atoms with E-state index in [0.29, 0.717) is 13.2 Å². The number of benzene rings is 1. The van der Waals surface area contributed by atoms with Gasteiger partial charge in [-0.25, -0.2) is 0 Å². The zero-order chi connectivity index (χ0) is 12.3. The summed E-state index contributed by atoms with van der Waals surface area (Å²) in [6.45, 7) is 9.08. The van der Waals surface area contributed by atoms with Crippen molar-refractivity contribution < 1.29 is 14.2 Å². The monoisotopic (exact) mass is 234 g/mol. The summed E-state index contributed by atoms with van der Waals surface area (Å²) >= 11 is 0. The summed E-state index contributed by atoms with van der Waals surface area (Å²) < 4.78 is 16.7. The Morgan fingerprint density at radius 2 is 2.06 bits per heavy atom. The molecule has 2 rings (SSSR count). The maximum Gasteiger partial charge on any atom is 0.226 e. The number of ether oxygens (including phenoxy) is 3. The number of para-hydroxylation sites is 1. The minimum Gasteiger partial charge on any atom is -0.460 e. The second kappa shape index (κ2) is 5.34. The van der Waals surface area contributed by atoms with Crippen LogP contribution in [0.2, 0.25) is 0 Å². The number of rotatable bonds is 5. The molecule has 0 aromatic heterocycles. The highest BCUT2D eigenvalue weighted by atomic mass is 16.7. The molecule has 1 heterocycles. The highest BCUT2D eigenvalue weighted by Gasteiger charge is 2.26. The lowest BCUT2D eigenvalue weighted by Crippen LogP contribution is -2.20. The molecule has 1 atom stereocenters. The molecule has 0 bridgehead atoms. The molecule has 0 N–H and O–H groups in total. The molecular weight excluding hydrogens is 216 g/mol. The molecular formula is C14H18O3. The van der Waals surface area contributed by atoms with Gasteiger partial charge < -0.3 is 14.2 Å². The Kier molecular flexibility index (Phi) is 3.82. The molecule has 3 heteroatoms. The zero-order valence-corrected chi connectivity index (χ0v) is 10.3. The van der Waals surface area contributed by atoms with Crippen LogP contribution in [0, 0.1) is 0 Å². The molecule has 0 aliphatic carbocycles. The van der Waals surface area contributed by atoms with Gasteiger partial charge in [-0.05, 0) is 19.9 Å². The largest absolute Gasteiger partial charge is 0.460 e. The first-order chi connectivity index (χ1) is 8.18. The van der Waals surface area contributed by atoms with Gasteiger partial charge in [0, 0.05) is 11.1 Å². The van der Waals surface area contributed by atoms with E-state index in [4.69, 9.17) is 14.2 Å². The van der Waals surface area contributed by atoms with Gasteiger partial charge in [0.25, 0.3) is 0 Å². The SMILES string of the molecule is C=C1c2ccccc2OC1OCCOC(C)C. The van der Waals surface area contributed by atoms with Crippen molar-refractivity contribution in [1.29, 1.82) is 0 Å². The third-order valence-corrected chi connectivity index (χ3v) is 2.56. The van der Waals surface area contributed by atoms with E-state index in [1.54, 1.807) is 0 Å². The molecule has 1 aliphatic rings. The molecule has 0 fully saturated rings. The average Bonchev–Trinajstić information content (AvgIpc) is 2.63. The molecule has 0 saturated heterocycles. The van der Waals surface area contributed by atoms with Gasteiger partial charge in [0.1, 0.15) is 5.75 Å². The second-order valence-corrected chi connectivity index (χ2v) is 4.26. The van der Waals surface area contributed by atoms with Crippen LogP contribution in [0.1, 0.15) is 19.4 Å². The Labute approximate surface area is 102 Å². The van der Waals surface area contributed by atoms with E-state index in [-0.39, 0.29) is 12.4 Å². The van der Waals surface area contributed by atoms with Crippen LogP contribution >= 0.6 is 0 Å². The zero-order valence-electron chi connectivity index (χ0n) is 10.3. The van der Waals surface area contributed by atoms with Gasteiger partial charge in [0.2, 0.25) is 6.29 Å². The molecule has 1 aromatic rings. The van der Waals surface area contributed by atoms with Gasteiger partial charge in [-0.2, -0.15) is 0 Å². The van der Waals surface area contributed by atoms with Crippen molar-refractivity contribution >= 4 is 5.57 Å². The first-order valence-corrected chi connectivity index (χ1v) is 5.86. The molecule has 92 valence electrons. The van der Waals surface area contributed by atoms with E-state index < -0.39 is 0 Å². The number of fused-ring (bicyclic) bond motifs is 1. The van der Waals surface area contributed by atoms with Crippen molar-refractivity contribution in [1.82, 2.24) is 0 Å². The molecule has 1 aromatic carbocycles.